The summed E-state index contributed by atoms with van der Waals surface area (Å²) in [6.07, 6.45) is 0. The standard InChI is InChI=1S/C14H12Br2N2O2/c1-20-13-7-11(2-3-12(13)17)18-14(19)8-4-9(15)6-10(16)5-8/h2-7H,17H2,1H3,(H,18,19). The third kappa shape index (κ3) is 3.52. The van der Waals surface area contributed by atoms with Gasteiger partial charge in [0, 0.05) is 26.3 Å². The molecule has 1 amide bonds. The van der Waals surface area contributed by atoms with E-state index in [1.165, 1.54) is 7.11 Å². The molecule has 2 aromatic rings. The Balaban J connectivity index is 2.23. The molecule has 20 heavy (non-hydrogen) atoms. The highest BCUT2D eigenvalue weighted by atomic mass is 79.9. The van der Waals surface area contributed by atoms with Gasteiger partial charge in [-0.15, -0.1) is 0 Å². The lowest BCUT2D eigenvalue weighted by Crippen LogP contribution is -2.12. The zero-order valence-corrected chi connectivity index (χ0v) is 13.8. The van der Waals surface area contributed by atoms with Gasteiger partial charge in [-0.1, -0.05) is 31.9 Å². The number of methoxy groups -OCH3 is 1. The number of nitrogens with two attached hydrogens (primary N) is 1. The molecule has 0 aliphatic carbocycles. The van der Waals surface area contributed by atoms with Crippen LogP contribution in [0.4, 0.5) is 11.4 Å². The maximum absolute atomic E-state index is 12.2. The van der Waals surface area contributed by atoms with Crippen molar-refractivity contribution in [2.24, 2.45) is 0 Å². The Kier molecular flexibility index (Phi) is 4.67. The van der Waals surface area contributed by atoms with Gasteiger partial charge in [-0.2, -0.15) is 0 Å². The van der Waals surface area contributed by atoms with Crippen LogP contribution in [0.25, 0.3) is 0 Å². The van der Waals surface area contributed by atoms with Crippen LogP contribution < -0.4 is 15.8 Å². The lowest BCUT2D eigenvalue weighted by molar-refractivity contribution is 0.102. The van der Waals surface area contributed by atoms with Gasteiger partial charge in [0.05, 0.1) is 12.8 Å². The van der Waals surface area contributed by atoms with E-state index in [1.54, 1.807) is 30.3 Å². The number of rotatable bonds is 3. The normalized spacial score (nSPS) is 10.2. The molecule has 0 aliphatic heterocycles. The molecule has 0 unspecified atom stereocenters. The minimum absolute atomic E-state index is 0.209. The fraction of sp³-hybridized carbons (Fsp3) is 0.0714. The molecule has 0 spiro atoms. The largest absolute Gasteiger partial charge is 0.495 e. The van der Waals surface area contributed by atoms with Gasteiger partial charge in [-0.25, -0.2) is 0 Å². The summed E-state index contributed by atoms with van der Waals surface area (Å²) in [4.78, 5) is 12.2. The second kappa shape index (κ2) is 6.28. The highest BCUT2D eigenvalue weighted by molar-refractivity contribution is 9.11. The zero-order chi connectivity index (χ0) is 14.7. The van der Waals surface area contributed by atoms with E-state index in [0.29, 0.717) is 22.7 Å². The molecule has 0 fully saturated rings. The predicted molar refractivity (Wildman–Crippen MR) is 87.2 cm³/mol. The topological polar surface area (TPSA) is 64.3 Å². The predicted octanol–water partition coefficient (Wildman–Crippen LogP) is 4.05. The monoisotopic (exact) mass is 398 g/mol. The van der Waals surface area contributed by atoms with E-state index < -0.39 is 0 Å². The van der Waals surface area contributed by atoms with Crippen molar-refractivity contribution in [3.05, 3.63) is 50.9 Å². The maximum atomic E-state index is 12.2. The van der Waals surface area contributed by atoms with Crippen LogP contribution >= 0.6 is 31.9 Å². The number of hydrogen-bond acceptors (Lipinski definition) is 3. The summed E-state index contributed by atoms with van der Waals surface area (Å²) in [7, 11) is 1.53. The molecule has 2 aromatic carbocycles. The van der Waals surface area contributed by atoms with E-state index in [1.807, 2.05) is 6.07 Å². The SMILES string of the molecule is COc1cc(NC(=O)c2cc(Br)cc(Br)c2)ccc1N. The second-order valence-electron chi connectivity index (χ2n) is 4.07. The molecular formula is C14H12Br2N2O2. The number of anilines is 2. The average molecular weight is 400 g/mol. The number of amides is 1. The van der Waals surface area contributed by atoms with Crippen molar-refractivity contribution in [3.8, 4) is 5.75 Å². The first kappa shape index (κ1) is 14.9. The molecule has 3 N–H and O–H groups in total. The first-order chi connectivity index (χ1) is 9.49. The van der Waals surface area contributed by atoms with E-state index in [-0.39, 0.29) is 5.91 Å². The van der Waals surface area contributed by atoms with E-state index >= 15 is 0 Å². The van der Waals surface area contributed by atoms with E-state index in [9.17, 15) is 4.79 Å². The summed E-state index contributed by atoms with van der Waals surface area (Å²) in [5, 5.41) is 2.80. The number of ether oxygens (including phenoxy) is 1. The number of nitrogens with one attached hydrogen (secondary N) is 1. The Morgan fingerprint density at radius 3 is 2.40 bits per heavy atom. The third-order valence-electron chi connectivity index (χ3n) is 2.62. The zero-order valence-electron chi connectivity index (χ0n) is 10.6. The minimum Gasteiger partial charge on any atom is -0.495 e. The van der Waals surface area contributed by atoms with Crippen molar-refractivity contribution in [2.45, 2.75) is 0 Å². The first-order valence-electron chi connectivity index (χ1n) is 5.70. The fourth-order valence-corrected chi connectivity index (χ4v) is 2.97. The molecule has 0 saturated heterocycles. The molecule has 0 heterocycles. The van der Waals surface area contributed by atoms with E-state index in [2.05, 4.69) is 37.2 Å². The fourth-order valence-electron chi connectivity index (χ4n) is 1.68. The van der Waals surface area contributed by atoms with Crippen LogP contribution in [-0.2, 0) is 0 Å². The number of halogens is 2. The number of hydrogen-bond donors (Lipinski definition) is 2. The van der Waals surface area contributed by atoms with Crippen LogP contribution in [0.2, 0.25) is 0 Å². The summed E-state index contributed by atoms with van der Waals surface area (Å²) in [6, 6.07) is 10.4. The van der Waals surface area contributed by atoms with Crippen molar-refractivity contribution in [1.29, 1.82) is 0 Å². The van der Waals surface area contributed by atoms with Crippen LogP contribution in [0.5, 0.6) is 5.75 Å². The summed E-state index contributed by atoms with van der Waals surface area (Å²) in [5.41, 5.74) is 7.42. The van der Waals surface area contributed by atoms with Gasteiger partial charge in [0.2, 0.25) is 0 Å². The van der Waals surface area contributed by atoms with E-state index in [4.69, 9.17) is 10.5 Å². The minimum atomic E-state index is -0.209. The van der Waals surface area contributed by atoms with Crippen LogP contribution in [0.1, 0.15) is 10.4 Å². The first-order valence-corrected chi connectivity index (χ1v) is 7.29. The molecule has 6 heteroatoms. The highest BCUT2D eigenvalue weighted by Crippen LogP contribution is 2.26. The molecule has 104 valence electrons. The Bertz CT molecular complexity index is 639. The van der Waals surface area contributed by atoms with Crippen molar-refractivity contribution < 1.29 is 9.53 Å². The Morgan fingerprint density at radius 1 is 1.15 bits per heavy atom. The van der Waals surface area contributed by atoms with Gasteiger partial charge in [-0.05, 0) is 30.3 Å². The highest BCUT2D eigenvalue weighted by Gasteiger charge is 2.09. The maximum Gasteiger partial charge on any atom is 0.255 e. The molecule has 2 rings (SSSR count). The van der Waals surface area contributed by atoms with E-state index in [0.717, 1.165) is 8.95 Å². The molecule has 0 bridgehead atoms. The van der Waals surface area contributed by atoms with Crippen molar-refractivity contribution in [3.63, 3.8) is 0 Å². The summed E-state index contributed by atoms with van der Waals surface area (Å²) in [5.74, 6) is 0.317. The number of benzene rings is 2. The molecule has 0 aliphatic rings. The van der Waals surface area contributed by atoms with Crippen LogP contribution in [0.3, 0.4) is 0 Å². The summed E-state index contributed by atoms with van der Waals surface area (Å²) < 4.78 is 6.77. The van der Waals surface area contributed by atoms with Crippen molar-refractivity contribution in [2.75, 3.05) is 18.2 Å². The van der Waals surface area contributed by atoms with Crippen molar-refractivity contribution >= 4 is 49.1 Å². The number of nitrogen functional groups attached to an aromatic ring is 1. The quantitative estimate of drug-likeness (QED) is 0.765. The lowest BCUT2D eigenvalue weighted by Gasteiger charge is -2.09. The third-order valence-corrected chi connectivity index (χ3v) is 3.53. The lowest BCUT2D eigenvalue weighted by atomic mass is 10.2. The number of carbonyl (C=O) groups is 1. The smallest absolute Gasteiger partial charge is 0.255 e. The Hall–Kier alpha value is -1.53. The van der Waals surface area contributed by atoms with Crippen LogP contribution in [0, 0.1) is 0 Å². The molecule has 4 nitrogen and oxygen atoms in total. The van der Waals surface area contributed by atoms with Gasteiger partial charge < -0.3 is 15.8 Å². The molecule has 0 saturated carbocycles. The number of carbonyl (C=O) groups excluding carboxylic acids is 1. The molecular weight excluding hydrogens is 388 g/mol. The Morgan fingerprint density at radius 2 is 1.80 bits per heavy atom. The van der Waals surface area contributed by atoms with Gasteiger partial charge in [0.15, 0.2) is 0 Å². The summed E-state index contributed by atoms with van der Waals surface area (Å²) in [6.45, 7) is 0. The van der Waals surface area contributed by atoms with Crippen molar-refractivity contribution in [1.82, 2.24) is 0 Å². The summed E-state index contributed by atoms with van der Waals surface area (Å²) >= 11 is 6.71. The van der Waals surface area contributed by atoms with Gasteiger partial charge in [0.25, 0.3) is 5.91 Å². The average Bonchev–Trinajstić information content (AvgIpc) is 2.39. The van der Waals surface area contributed by atoms with Crippen LogP contribution in [-0.4, -0.2) is 13.0 Å². The molecule has 0 aromatic heterocycles. The van der Waals surface area contributed by atoms with Gasteiger partial charge in [-0.3, -0.25) is 4.79 Å². The van der Waals surface area contributed by atoms with Gasteiger partial charge in [0.1, 0.15) is 5.75 Å². The van der Waals surface area contributed by atoms with Crippen LogP contribution in [0.15, 0.2) is 45.3 Å². The Labute approximate surface area is 133 Å². The molecule has 0 radical (unpaired) electrons. The second-order valence-corrected chi connectivity index (χ2v) is 5.90. The molecule has 0 atom stereocenters. The van der Waals surface area contributed by atoms with Gasteiger partial charge >= 0.3 is 0 Å².